The number of sulfone groups is 1. The Labute approximate surface area is 117 Å². The van der Waals surface area contributed by atoms with E-state index in [-0.39, 0.29) is 17.5 Å². The molecule has 0 saturated heterocycles. The van der Waals surface area contributed by atoms with Crippen LogP contribution in [0.4, 0.5) is 0 Å². The van der Waals surface area contributed by atoms with E-state index < -0.39 is 9.84 Å². The van der Waals surface area contributed by atoms with Crippen LogP contribution in [-0.4, -0.2) is 26.8 Å². The zero-order chi connectivity index (χ0) is 14.3. The lowest BCUT2D eigenvalue weighted by atomic mass is 10.1. The van der Waals surface area contributed by atoms with Crippen LogP contribution in [0.15, 0.2) is 24.3 Å². The third-order valence-electron chi connectivity index (χ3n) is 3.22. The van der Waals surface area contributed by atoms with E-state index >= 15 is 0 Å². The van der Waals surface area contributed by atoms with Crippen LogP contribution < -0.4 is 5.32 Å². The number of aryl methyl sites for hydroxylation is 1. The molecule has 1 rings (SSSR count). The van der Waals surface area contributed by atoms with Crippen molar-refractivity contribution in [3.05, 3.63) is 35.4 Å². The van der Waals surface area contributed by atoms with Gasteiger partial charge in [0.2, 0.25) is 0 Å². The molecule has 1 aromatic carbocycles. The molecule has 3 nitrogen and oxygen atoms in total. The first-order valence-electron chi connectivity index (χ1n) is 6.96. The molecule has 0 fully saturated rings. The maximum Gasteiger partial charge on any atom is 0.155 e. The molecule has 0 saturated carbocycles. The number of nitrogens with one attached hydrogen (secondary N) is 1. The van der Waals surface area contributed by atoms with Gasteiger partial charge in [0.1, 0.15) is 0 Å². The summed E-state index contributed by atoms with van der Waals surface area (Å²) in [5.41, 5.74) is 1.95. The Morgan fingerprint density at radius 2 is 1.89 bits per heavy atom. The molecule has 0 spiro atoms. The second-order valence-corrected chi connectivity index (χ2v) is 7.13. The van der Waals surface area contributed by atoms with E-state index in [0.29, 0.717) is 0 Å². The minimum Gasteiger partial charge on any atom is -0.313 e. The van der Waals surface area contributed by atoms with Gasteiger partial charge in [-0.25, -0.2) is 8.42 Å². The van der Waals surface area contributed by atoms with Gasteiger partial charge < -0.3 is 5.32 Å². The molecule has 0 heterocycles. The molecule has 4 heteroatoms. The predicted octanol–water partition coefficient (Wildman–Crippen LogP) is 2.69. The third kappa shape index (κ3) is 5.74. The van der Waals surface area contributed by atoms with Crippen LogP contribution in [0.25, 0.3) is 0 Å². The van der Waals surface area contributed by atoms with Gasteiger partial charge in [0.05, 0.1) is 11.5 Å². The molecule has 1 N–H and O–H groups in total. The molecular weight excluding hydrogens is 258 g/mol. The van der Waals surface area contributed by atoms with Crippen LogP contribution in [0.3, 0.4) is 0 Å². The molecule has 108 valence electrons. The van der Waals surface area contributed by atoms with Crippen molar-refractivity contribution in [2.24, 2.45) is 0 Å². The summed E-state index contributed by atoms with van der Waals surface area (Å²) in [5, 5.41) is 3.26. The van der Waals surface area contributed by atoms with Gasteiger partial charge in [-0.1, -0.05) is 44.5 Å². The van der Waals surface area contributed by atoms with Crippen molar-refractivity contribution < 1.29 is 8.42 Å². The fraction of sp³-hybridized carbons (Fsp3) is 0.600. The Bertz CT molecular complexity index is 477. The highest BCUT2D eigenvalue weighted by atomic mass is 32.2. The summed E-state index contributed by atoms with van der Waals surface area (Å²) in [5.74, 6) is 0.369. The molecule has 0 aliphatic rings. The van der Waals surface area contributed by atoms with Crippen molar-refractivity contribution in [1.29, 1.82) is 0 Å². The fourth-order valence-corrected chi connectivity index (χ4v) is 4.07. The van der Waals surface area contributed by atoms with E-state index in [1.54, 1.807) is 0 Å². The van der Waals surface area contributed by atoms with Gasteiger partial charge in [0.15, 0.2) is 9.84 Å². The molecule has 0 amide bonds. The van der Waals surface area contributed by atoms with Crippen LogP contribution in [0.5, 0.6) is 0 Å². The molecule has 0 bridgehead atoms. The minimum atomic E-state index is -3.06. The van der Waals surface area contributed by atoms with Crippen LogP contribution in [0.1, 0.15) is 37.8 Å². The Morgan fingerprint density at radius 1 is 1.21 bits per heavy atom. The second kappa shape index (κ2) is 7.65. The quantitative estimate of drug-likeness (QED) is 0.798. The topological polar surface area (TPSA) is 46.2 Å². The number of benzene rings is 1. The van der Waals surface area contributed by atoms with E-state index in [0.717, 1.165) is 30.5 Å². The third-order valence-corrected chi connectivity index (χ3v) is 4.88. The van der Waals surface area contributed by atoms with E-state index in [2.05, 4.69) is 12.2 Å². The first-order chi connectivity index (χ1) is 8.98. The van der Waals surface area contributed by atoms with Crippen molar-refractivity contribution in [1.82, 2.24) is 5.32 Å². The maximum atomic E-state index is 12.3. The monoisotopic (exact) mass is 283 g/mol. The lowest BCUT2D eigenvalue weighted by molar-refractivity contribution is 0.512. The molecule has 1 unspecified atom stereocenters. The highest BCUT2D eigenvalue weighted by molar-refractivity contribution is 7.90. The highest BCUT2D eigenvalue weighted by Gasteiger charge is 2.19. The smallest absolute Gasteiger partial charge is 0.155 e. The average Bonchev–Trinajstić information content (AvgIpc) is 2.32. The summed E-state index contributed by atoms with van der Waals surface area (Å²) in [6.07, 6.45) is 1.90. The Morgan fingerprint density at radius 3 is 2.47 bits per heavy atom. The molecule has 0 aliphatic heterocycles. The minimum absolute atomic E-state index is 0.0732. The summed E-state index contributed by atoms with van der Waals surface area (Å²) >= 11 is 0. The van der Waals surface area contributed by atoms with Gasteiger partial charge in [-0.2, -0.15) is 0 Å². The predicted molar refractivity (Wildman–Crippen MR) is 81.0 cm³/mol. The molecule has 19 heavy (non-hydrogen) atoms. The first kappa shape index (κ1) is 16.2. The normalized spacial score (nSPS) is 13.4. The van der Waals surface area contributed by atoms with Gasteiger partial charge in [0, 0.05) is 6.04 Å². The summed E-state index contributed by atoms with van der Waals surface area (Å²) in [6.45, 7) is 6.86. The van der Waals surface area contributed by atoms with Gasteiger partial charge in [-0.3, -0.25) is 0 Å². The van der Waals surface area contributed by atoms with Crippen molar-refractivity contribution >= 4 is 9.84 Å². The SMILES string of the molecule is CCCC(CS(=O)(=O)Cc1ccccc1C)NCC. The molecular formula is C15H25NO2S. The van der Waals surface area contributed by atoms with E-state index in [1.165, 1.54) is 0 Å². The molecule has 0 aromatic heterocycles. The number of rotatable bonds is 8. The highest BCUT2D eigenvalue weighted by Crippen LogP contribution is 2.13. The number of hydrogen-bond acceptors (Lipinski definition) is 3. The maximum absolute atomic E-state index is 12.3. The lowest BCUT2D eigenvalue weighted by Gasteiger charge is -2.17. The largest absolute Gasteiger partial charge is 0.313 e. The molecule has 0 aliphatic carbocycles. The summed E-state index contributed by atoms with van der Waals surface area (Å²) in [4.78, 5) is 0. The Kier molecular flexibility index (Phi) is 6.52. The molecule has 1 atom stereocenters. The van der Waals surface area contributed by atoms with Crippen molar-refractivity contribution in [2.45, 2.75) is 45.4 Å². The van der Waals surface area contributed by atoms with Gasteiger partial charge in [-0.05, 0) is 31.0 Å². The Balaban J connectivity index is 2.72. The van der Waals surface area contributed by atoms with E-state index in [9.17, 15) is 8.42 Å². The van der Waals surface area contributed by atoms with Crippen LogP contribution in [-0.2, 0) is 15.6 Å². The summed E-state index contributed by atoms with van der Waals surface area (Å²) in [6, 6.07) is 7.76. The average molecular weight is 283 g/mol. The van der Waals surface area contributed by atoms with Crippen LogP contribution in [0.2, 0.25) is 0 Å². The lowest BCUT2D eigenvalue weighted by Crippen LogP contribution is -2.35. The standard InChI is InChI=1S/C15H25NO2S/c1-4-8-15(16-5-2)12-19(17,18)11-14-10-7-6-9-13(14)3/h6-7,9-10,15-16H,4-5,8,11-12H2,1-3H3. The van der Waals surface area contributed by atoms with Gasteiger partial charge >= 0.3 is 0 Å². The number of hydrogen-bond donors (Lipinski definition) is 1. The zero-order valence-corrected chi connectivity index (χ0v) is 13.0. The van der Waals surface area contributed by atoms with Crippen LogP contribution >= 0.6 is 0 Å². The van der Waals surface area contributed by atoms with Gasteiger partial charge in [0.25, 0.3) is 0 Å². The summed E-state index contributed by atoms with van der Waals surface area (Å²) < 4.78 is 24.5. The first-order valence-corrected chi connectivity index (χ1v) is 8.79. The van der Waals surface area contributed by atoms with Crippen molar-refractivity contribution in [3.63, 3.8) is 0 Å². The van der Waals surface area contributed by atoms with Crippen molar-refractivity contribution in [2.75, 3.05) is 12.3 Å². The summed E-state index contributed by atoms with van der Waals surface area (Å²) in [7, 11) is -3.06. The van der Waals surface area contributed by atoms with E-state index in [1.807, 2.05) is 38.1 Å². The Hall–Kier alpha value is -0.870. The second-order valence-electron chi connectivity index (χ2n) is 5.02. The van der Waals surface area contributed by atoms with Crippen molar-refractivity contribution in [3.8, 4) is 0 Å². The molecule has 0 radical (unpaired) electrons. The van der Waals surface area contributed by atoms with Gasteiger partial charge in [-0.15, -0.1) is 0 Å². The van der Waals surface area contributed by atoms with Crippen LogP contribution in [0, 0.1) is 6.92 Å². The van der Waals surface area contributed by atoms with E-state index in [4.69, 9.17) is 0 Å². The fourth-order valence-electron chi connectivity index (χ4n) is 2.26. The zero-order valence-electron chi connectivity index (χ0n) is 12.1. The molecule has 1 aromatic rings.